The summed E-state index contributed by atoms with van der Waals surface area (Å²) >= 11 is 0. The number of nitrogens with one attached hydrogen (secondary N) is 2. The molecule has 0 spiro atoms. The van der Waals surface area contributed by atoms with Crippen LogP contribution in [-0.4, -0.2) is 17.6 Å². The van der Waals surface area contributed by atoms with Gasteiger partial charge in [-0.05, 0) is 35.7 Å². The van der Waals surface area contributed by atoms with E-state index in [0.29, 0.717) is 24.1 Å². The van der Waals surface area contributed by atoms with Crippen LogP contribution in [0.25, 0.3) is 0 Å². The van der Waals surface area contributed by atoms with Crippen molar-refractivity contribution < 1.29 is 14.4 Å². The lowest BCUT2D eigenvalue weighted by Gasteiger charge is -2.17. The first-order valence-corrected chi connectivity index (χ1v) is 8.26. The fourth-order valence-corrected chi connectivity index (χ4v) is 2.83. The molecule has 1 heterocycles. The molecule has 26 heavy (non-hydrogen) atoms. The highest BCUT2D eigenvalue weighted by molar-refractivity contribution is 6.12. The Balaban J connectivity index is 1.71. The second kappa shape index (κ2) is 7.62. The minimum Gasteiger partial charge on any atom is -0.350 e. The zero-order chi connectivity index (χ0) is 18.5. The molecule has 0 aromatic heterocycles. The lowest BCUT2D eigenvalue weighted by molar-refractivity contribution is -0.122. The molecule has 0 fully saturated rings. The van der Waals surface area contributed by atoms with Crippen molar-refractivity contribution in [1.29, 1.82) is 5.26 Å². The van der Waals surface area contributed by atoms with Gasteiger partial charge in [-0.1, -0.05) is 30.3 Å². The molecule has 6 heteroatoms. The maximum atomic E-state index is 12.6. The van der Waals surface area contributed by atoms with Gasteiger partial charge in [0.1, 0.15) is 0 Å². The van der Waals surface area contributed by atoms with Gasteiger partial charge in [0.05, 0.1) is 6.07 Å². The van der Waals surface area contributed by atoms with E-state index in [-0.39, 0.29) is 12.5 Å². The van der Waals surface area contributed by atoms with Crippen molar-refractivity contribution in [2.75, 3.05) is 5.32 Å². The van der Waals surface area contributed by atoms with E-state index >= 15 is 0 Å². The second-order valence-electron chi connectivity index (χ2n) is 6.05. The van der Waals surface area contributed by atoms with Crippen LogP contribution >= 0.6 is 0 Å². The fourth-order valence-electron chi connectivity index (χ4n) is 2.83. The average molecular weight is 347 g/mol. The van der Waals surface area contributed by atoms with Crippen molar-refractivity contribution in [3.8, 4) is 6.07 Å². The highest BCUT2D eigenvalue weighted by atomic mass is 16.2. The van der Waals surface area contributed by atoms with Crippen LogP contribution < -0.4 is 10.6 Å². The number of fused-ring (bicyclic) bond motifs is 1. The second-order valence-corrected chi connectivity index (χ2v) is 6.05. The van der Waals surface area contributed by atoms with Gasteiger partial charge in [-0.3, -0.25) is 14.4 Å². The van der Waals surface area contributed by atoms with Crippen LogP contribution in [0.5, 0.6) is 0 Å². The number of carbonyl (C=O) groups is 3. The molecule has 2 aromatic rings. The third-order valence-electron chi connectivity index (χ3n) is 4.25. The highest BCUT2D eigenvalue weighted by Gasteiger charge is 2.28. The number of aryl methyl sites for hydroxylation is 1. The molecule has 1 atom stereocenters. The monoisotopic (exact) mass is 347 g/mol. The largest absolute Gasteiger partial charge is 0.350 e. The first kappa shape index (κ1) is 17.4. The van der Waals surface area contributed by atoms with Gasteiger partial charge >= 0.3 is 0 Å². The number of carbonyl (C=O) groups excluding carboxylic acids is 3. The molecule has 1 aliphatic heterocycles. The molecule has 0 radical (unpaired) electrons. The Labute approximate surface area is 150 Å². The van der Waals surface area contributed by atoms with Crippen molar-refractivity contribution in [1.82, 2.24) is 5.32 Å². The van der Waals surface area contributed by atoms with Crippen molar-refractivity contribution in [2.45, 2.75) is 19.4 Å². The zero-order valence-corrected chi connectivity index (χ0v) is 14.0. The first-order chi connectivity index (χ1) is 12.6. The van der Waals surface area contributed by atoms with Gasteiger partial charge in [-0.2, -0.15) is 5.26 Å². The van der Waals surface area contributed by atoms with Crippen molar-refractivity contribution in [3.05, 3.63) is 65.2 Å². The van der Waals surface area contributed by atoms with Gasteiger partial charge in [-0.15, -0.1) is 0 Å². The predicted molar refractivity (Wildman–Crippen MR) is 95.1 cm³/mol. The minimum absolute atomic E-state index is 0.0632. The van der Waals surface area contributed by atoms with Crippen molar-refractivity contribution in [3.63, 3.8) is 0 Å². The Morgan fingerprint density at radius 2 is 1.92 bits per heavy atom. The molecule has 0 saturated heterocycles. The van der Waals surface area contributed by atoms with E-state index in [9.17, 15) is 19.6 Å². The molecule has 1 aliphatic rings. The van der Waals surface area contributed by atoms with E-state index in [4.69, 9.17) is 0 Å². The van der Waals surface area contributed by atoms with Gasteiger partial charge in [0.2, 0.25) is 11.8 Å². The van der Waals surface area contributed by atoms with Gasteiger partial charge in [0.25, 0.3) is 0 Å². The molecule has 2 aromatic carbocycles. The summed E-state index contributed by atoms with van der Waals surface area (Å²) in [4.78, 5) is 36.3. The summed E-state index contributed by atoms with van der Waals surface area (Å²) in [5.74, 6) is -2.63. The maximum Gasteiger partial charge on any atom is 0.245 e. The van der Waals surface area contributed by atoms with Gasteiger partial charge in [0.15, 0.2) is 11.7 Å². The van der Waals surface area contributed by atoms with Gasteiger partial charge in [0, 0.05) is 24.2 Å². The zero-order valence-electron chi connectivity index (χ0n) is 14.0. The van der Waals surface area contributed by atoms with Crippen LogP contribution in [0.2, 0.25) is 0 Å². The summed E-state index contributed by atoms with van der Waals surface area (Å²) in [6, 6.07) is 15.9. The number of ketones is 1. The number of nitrogens with zero attached hydrogens (tertiary/aromatic N) is 1. The molecular formula is C20H17N3O3. The van der Waals surface area contributed by atoms with Crippen molar-refractivity contribution >= 4 is 23.3 Å². The number of benzene rings is 2. The number of nitriles is 1. The van der Waals surface area contributed by atoms with E-state index in [1.807, 2.05) is 30.3 Å². The topological polar surface area (TPSA) is 99.1 Å². The lowest BCUT2D eigenvalue weighted by Crippen LogP contribution is -2.34. The normalized spacial score (nSPS) is 13.7. The Bertz CT molecular complexity index is 900. The molecule has 2 N–H and O–H groups in total. The molecule has 6 nitrogen and oxygen atoms in total. The Hall–Kier alpha value is -3.46. The van der Waals surface area contributed by atoms with Crippen molar-refractivity contribution in [2.24, 2.45) is 5.92 Å². The summed E-state index contributed by atoms with van der Waals surface area (Å²) < 4.78 is 0. The standard InChI is InChI=1S/C20H17N3O3/c21-11-16(20(26)22-12-13-4-2-1-3-5-13)19(25)15-6-8-17-14(10-15)7-9-18(24)23-17/h1-6,8,10,16H,7,9,12H2,(H,22,26)(H,23,24)/t16-/m0/s1. The number of amides is 2. The average Bonchev–Trinajstić information content (AvgIpc) is 2.67. The SMILES string of the molecule is N#C[C@H](C(=O)NCc1ccccc1)C(=O)c1ccc2c(c1)CCC(=O)N2. The van der Waals surface area contributed by atoms with E-state index in [1.54, 1.807) is 18.2 Å². The van der Waals surface area contributed by atoms with Crippen LogP contribution in [0, 0.1) is 17.2 Å². The summed E-state index contributed by atoms with van der Waals surface area (Å²) in [6.45, 7) is 0.251. The van der Waals surface area contributed by atoms with Crippen LogP contribution in [0.15, 0.2) is 48.5 Å². The molecule has 2 amide bonds. The minimum atomic E-state index is -1.41. The molecular weight excluding hydrogens is 330 g/mol. The Morgan fingerprint density at radius 1 is 1.15 bits per heavy atom. The third-order valence-corrected chi connectivity index (χ3v) is 4.25. The summed E-state index contributed by atoms with van der Waals surface area (Å²) in [5.41, 5.74) is 2.67. The fraction of sp³-hybridized carbons (Fsp3) is 0.200. The Kier molecular flexibility index (Phi) is 5.09. The number of Topliss-reactive ketones (excluding diaryl/α,β-unsaturated/α-hetero) is 1. The summed E-state index contributed by atoms with van der Waals surface area (Å²) in [5, 5.41) is 14.7. The molecule has 0 bridgehead atoms. The molecule has 130 valence electrons. The highest BCUT2D eigenvalue weighted by Crippen LogP contribution is 2.24. The number of rotatable bonds is 5. The number of anilines is 1. The smallest absolute Gasteiger partial charge is 0.245 e. The number of hydrogen-bond acceptors (Lipinski definition) is 4. The summed E-state index contributed by atoms with van der Waals surface area (Å²) in [7, 11) is 0. The van der Waals surface area contributed by atoms with Crippen LogP contribution in [0.4, 0.5) is 5.69 Å². The Morgan fingerprint density at radius 3 is 2.65 bits per heavy atom. The van der Waals surface area contributed by atoms with E-state index in [2.05, 4.69) is 10.6 Å². The van der Waals surface area contributed by atoms with Crippen LogP contribution in [0.3, 0.4) is 0 Å². The van der Waals surface area contributed by atoms with Crippen LogP contribution in [0.1, 0.15) is 27.9 Å². The van der Waals surface area contributed by atoms with E-state index in [0.717, 1.165) is 11.1 Å². The molecule has 3 rings (SSSR count). The van der Waals surface area contributed by atoms with Gasteiger partial charge < -0.3 is 10.6 Å². The predicted octanol–water partition coefficient (Wildman–Crippen LogP) is 2.21. The first-order valence-electron chi connectivity index (χ1n) is 8.26. The maximum absolute atomic E-state index is 12.6. The van der Waals surface area contributed by atoms with Gasteiger partial charge in [-0.25, -0.2) is 0 Å². The van der Waals surface area contributed by atoms with E-state index < -0.39 is 17.6 Å². The molecule has 0 unspecified atom stereocenters. The van der Waals surface area contributed by atoms with Crippen LogP contribution in [-0.2, 0) is 22.6 Å². The lowest BCUT2D eigenvalue weighted by atomic mass is 9.93. The summed E-state index contributed by atoms with van der Waals surface area (Å²) in [6.07, 6.45) is 0.879. The third kappa shape index (κ3) is 3.78. The quantitative estimate of drug-likeness (QED) is 0.640. The molecule has 0 saturated carbocycles. The van der Waals surface area contributed by atoms with E-state index in [1.165, 1.54) is 6.07 Å². The number of hydrogen-bond donors (Lipinski definition) is 2. The molecule has 0 aliphatic carbocycles.